The molecule has 0 saturated heterocycles. The van der Waals surface area contributed by atoms with Crippen LogP contribution in [0.3, 0.4) is 0 Å². The molecular formula is C48H99F9. The van der Waals surface area contributed by atoms with Crippen LogP contribution in [0, 0.1) is 34.5 Å². The number of halogens is 9. The van der Waals surface area contributed by atoms with E-state index in [0.29, 0.717) is 62.7 Å². The molecule has 1 unspecified atom stereocenters. The average Bonchev–Trinajstić information content (AvgIpc) is 3.02. The van der Waals surface area contributed by atoms with Crippen molar-refractivity contribution >= 4 is 0 Å². The van der Waals surface area contributed by atoms with Gasteiger partial charge in [0, 0.05) is 19.3 Å². The van der Waals surface area contributed by atoms with Crippen LogP contribution in [-0.2, 0) is 0 Å². The van der Waals surface area contributed by atoms with Gasteiger partial charge in [-0.25, -0.2) is 26.3 Å². The van der Waals surface area contributed by atoms with Gasteiger partial charge in [0.05, 0.1) is 0 Å². The predicted molar refractivity (Wildman–Crippen MR) is 236 cm³/mol. The second-order valence-electron chi connectivity index (χ2n) is 20.6. The molecule has 0 spiro atoms. The van der Waals surface area contributed by atoms with Crippen molar-refractivity contribution in [2.24, 2.45) is 34.5 Å². The third-order valence-corrected chi connectivity index (χ3v) is 10.8. The molecule has 0 bridgehead atoms. The van der Waals surface area contributed by atoms with Crippen LogP contribution in [0.2, 0.25) is 0 Å². The summed E-state index contributed by atoms with van der Waals surface area (Å²) >= 11 is 0. The van der Waals surface area contributed by atoms with E-state index in [0.717, 1.165) is 12.8 Å². The Morgan fingerprint density at radius 1 is 0.509 bits per heavy atom. The molecule has 0 radical (unpaired) electrons. The molecule has 1 saturated carbocycles. The molecule has 0 heterocycles. The van der Waals surface area contributed by atoms with Crippen molar-refractivity contribution in [3.63, 3.8) is 0 Å². The summed E-state index contributed by atoms with van der Waals surface area (Å²) in [7, 11) is 0. The zero-order valence-corrected chi connectivity index (χ0v) is 41.9. The second-order valence-corrected chi connectivity index (χ2v) is 20.6. The van der Waals surface area contributed by atoms with Crippen molar-refractivity contribution in [1.29, 1.82) is 0 Å². The number of hydrogen-bond donors (Lipinski definition) is 0. The maximum Gasteiger partial charge on any atom is 0.389 e. The van der Waals surface area contributed by atoms with E-state index < -0.39 is 46.6 Å². The summed E-state index contributed by atoms with van der Waals surface area (Å²) in [5.41, 5.74) is -3.87. The monoisotopic (exact) mass is 847 g/mol. The van der Waals surface area contributed by atoms with E-state index in [9.17, 15) is 39.5 Å². The van der Waals surface area contributed by atoms with E-state index in [1.165, 1.54) is 0 Å². The summed E-state index contributed by atoms with van der Waals surface area (Å²) in [6.07, 6.45) is 2.67. The molecule has 0 aromatic heterocycles. The van der Waals surface area contributed by atoms with Crippen molar-refractivity contribution in [1.82, 2.24) is 0 Å². The number of rotatable bonds is 12. The van der Waals surface area contributed by atoms with Gasteiger partial charge in [-0.3, -0.25) is 0 Å². The highest BCUT2D eigenvalue weighted by Crippen LogP contribution is 2.36. The van der Waals surface area contributed by atoms with Gasteiger partial charge in [-0.15, -0.1) is 0 Å². The van der Waals surface area contributed by atoms with Crippen molar-refractivity contribution in [2.45, 2.75) is 277 Å². The molecule has 0 aliphatic heterocycles. The lowest BCUT2D eigenvalue weighted by Gasteiger charge is -2.28. The minimum atomic E-state index is -4.01. The van der Waals surface area contributed by atoms with Gasteiger partial charge >= 0.3 is 6.18 Å². The fourth-order valence-electron chi connectivity index (χ4n) is 4.34. The van der Waals surface area contributed by atoms with E-state index in [1.54, 1.807) is 48.5 Å². The molecule has 57 heavy (non-hydrogen) atoms. The Kier molecular flexibility index (Phi) is 37.3. The molecular weight excluding hydrogens is 748 g/mol. The van der Waals surface area contributed by atoms with E-state index in [4.69, 9.17) is 0 Å². The summed E-state index contributed by atoms with van der Waals surface area (Å²) in [6, 6.07) is 0. The summed E-state index contributed by atoms with van der Waals surface area (Å²) in [5, 5.41) is 0. The molecule has 0 aromatic rings. The molecule has 1 fully saturated rings. The average molecular weight is 847 g/mol. The van der Waals surface area contributed by atoms with Gasteiger partial charge in [-0.05, 0) is 107 Å². The Morgan fingerprint density at radius 3 is 0.930 bits per heavy atom. The highest BCUT2D eigenvalue weighted by atomic mass is 19.4. The van der Waals surface area contributed by atoms with Crippen LogP contribution in [0.15, 0.2) is 0 Å². The topological polar surface area (TPSA) is 0 Å². The van der Waals surface area contributed by atoms with Crippen LogP contribution >= 0.6 is 0 Å². The summed E-state index contributed by atoms with van der Waals surface area (Å²) < 4.78 is 112. The lowest BCUT2D eigenvalue weighted by atomic mass is 9.84. The molecule has 1 aliphatic carbocycles. The normalized spacial score (nSPS) is 16.1. The van der Waals surface area contributed by atoms with Crippen LogP contribution in [0.4, 0.5) is 39.5 Å². The molecule has 1 atom stereocenters. The molecule has 1 aliphatic rings. The lowest BCUT2D eigenvalue weighted by molar-refractivity contribution is -0.154. The molecule has 1 rings (SSSR count). The maximum atomic E-state index is 13.3. The zero-order valence-electron chi connectivity index (χ0n) is 41.9. The predicted octanol–water partition coefficient (Wildman–Crippen LogP) is 19.9. The summed E-state index contributed by atoms with van der Waals surface area (Å²) in [6.45, 7) is 43.6. The van der Waals surface area contributed by atoms with E-state index >= 15 is 0 Å². The lowest BCUT2D eigenvalue weighted by Crippen LogP contribution is -2.31. The van der Waals surface area contributed by atoms with Gasteiger partial charge in [0.25, 0.3) is 0 Å². The molecule has 0 aromatic carbocycles. The SMILES string of the molecule is CC(C)(C)C.CC(C)C(C)(F)C(C)C.CC1CCC(F)(F)CC1.CCC(C)(C)CC(F)(F)F.CCC(C)(F)C(C)C.CCC(C)(F)CC.CCCC(C)(F)CCC. The number of hydrogen-bond acceptors (Lipinski definition) is 0. The fourth-order valence-corrected chi connectivity index (χ4v) is 4.34. The van der Waals surface area contributed by atoms with Crippen molar-refractivity contribution in [3.8, 4) is 0 Å². The van der Waals surface area contributed by atoms with E-state index in [2.05, 4.69) is 27.7 Å². The maximum absolute atomic E-state index is 13.3. The first-order chi connectivity index (χ1) is 25.0. The Hall–Kier alpha value is -0.630. The van der Waals surface area contributed by atoms with E-state index in [1.807, 2.05) is 83.1 Å². The van der Waals surface area contributed by atoms with Crippen molar-refractivity contribution < 1.29 is 39.5 Å². The van der Waals surface area contributed by atoms with Crippen LogP contribution in [0.5, 0.6) is 0 Å². The standard InChI is InChI=1S/2C8H17F.C7H13F3.C7H12F2.C7H15F.C6H13F.C5H12/c1-6(2)8(5,9)7(3)4;1-4-6-8(3,9)7-5-2;1-4-6(2,3)5-7(8,9)10;1-6-2-4-7(8,9)5-3-6;1-5-7(4,8)6(2)3;1-4-6(3,7)5-2;1-5(2,3)4/h6-7H,1-5H3;4-7H2,1-3H3;4-5H2,1-3H3;6H,2-5H2,1H3;6H,5H2,1-4H3;4-5H2,1-3H3;1-4H3. The first kappa shape index (κ1) is 68.1. The largest absolute Gasteiger partial charge is 0.389 e. The van der Waals surface area contributed by atoms with Crippen LogP contribution in [0.25, 0.3) is 0 Å². The van der Waals surface area contributed by atoms with Gasteiger partial charge in [-0.2, -0.15) is 13.2 Å². The molecule has 0 amide bonds. The minimum Gasteiger partial charge on any atom is -0.244 e. The third kappa shape index (κ3) is 51.4. The van der Waals surface area contributed by atoms with E-state index in [-0.39, 0.29) is 30.6 Å². The fraction of sp³-hybridized carbons (Fsp3) is 1.00. The van der Waals surface area contributed by atoms with Crippen LogP contribution < -0.4 is 0 Å². The quantitative estimate of drug-likeness (QED) is 0.172. The van der Waals surface area contributed by atoms with Gasteiger partial charge in [-0.1, -0.05) is 151 Å². The Morgan fingerprint density at radius 2 is 0.825 bits per heavy atom. The molecule has 354 valence electrons. The van der Waals surface area contributed by atoms with Crippen molar-refractivity contribution in [2.75, 3.05) is 0 Å². The Bertz CT molecular complexity index is 851. The first-order valence-corrected chi connectivity index (χ1v) is 22.2. The highest BCUT2D eigenvalue weighted by molar-refractivity contribution is 4.80. The Labute approximate surface area is 350 Å². The van der Waals surface area contributed by atoms with Gasteiger partial charge in [0.1, 0.15) is 22.7 Å². The third-order valence-electron chi connectivity index (χ3n) is 10.8. The van der Waals surface area contributed by atoms with Crippen molar-refractivity contribution in [3.05, 3.63) is 0 Å². The Balaban J connectivity index is -0.000000134. The summed E-state index contributed by atoms with van der Waals surface area (Å²) in [5.74, 6) is -1.43. The van der Waals surface area contributed by atoms with Gasteiger partial charge in [0.2, 0.25) is 5.92 Å². The first-order valence-electron chi connectivity index (χ1n) is 22.2. The van der Waals surface area contributed by atoms with Gasteiger partial charge < -0.3 is 0 Å². The second kappa shape index (κ2) is 31.3. The molecule has 9 heteroatoms. The minimum absolute atomic E-state index is 0.105. The van der Waals surface area contributed by atoms with Gasteiger partial charge in [0.15, 0.2) is 0 Å². The van der Waals surface area contributed by atoms with Crippen LogP contribution in [-0.4, -0.2) is 34.8 Å². The summed E-state index contributed by atoms with van der Waals surface area (Å²) in [4.78, 5) is 0. The van der Waals surface area contributed by atoms with Crippen LogP contribution in [0.1, 0.15) is 243 Å². The molecule has 0 N–H and O–H groups in total. The smallest absolute Gasteiger partial charge is 0.244 e. The zero-order chi connectivity index (χ0) is 47.5. The molecule has 0 nitrogen and oxygen atoms in total. The number of alkyl halides is 9. The highest BCUT2D eigenvalue weighted by Gasteiger charge is 2.35.